The van der Waals surface area contributed by atoms with Crippen LogP contribution < -0.4 is 5.48 Å². The van der Waals surface area contributed by atoms with Crippen molar-refractivity contribution in [3.8, 4) is 0 Å². The predicted octanol–water partition coefficient (Wildman–Crippen LogP) is 0.389. The molecule has 0 amide bonds. The zero-order chi connectivity index (χ0) is 8.43. The van der Waals surface area contributed by atoms with E-state index in [-0.39, 0.29) is 6.04 Å². The molecule has 0 radical (unpaired) electrons. The molecule has 64 valence electrons. The number of carboxylic acids is 1. The first kappa shape index (κ1) is 8.49. The van der Waals surface area contributed by atoms with E-state index in [1.165, 1.54) is 0 Å². The van der Waals surface area contributed by atoms with Crippen LogP contribution in [0.3, 0.4) is 0 Å². The molecule has 2 N–H and O–H groups in total. The summed E-state index contributed by atoms with van der Waals surface area (Å²) in [5, 5.41) is 8.55. The van der Waals surface area contributed by atoms with Crippen LogP contribution in [0.1, 0.15) is 20.3 Å². The second-order valence-corrected chi connectivity index (χ2v) is 3.15. The van der Waals surface area contributed by atoms with Crippen LogP contribution in [-0.4, -0.2) is 23.2 Å². The molecular weight excluding hydrogens is 146 g/mol. The highest BCUT2D eigenvalue weighted by Crippen LogP contribution is 2.16. The monoisotopic (exact) mass is 159 g/mol. The number of rotatable bonds is 2. The van der Waals surface area contributed by atoms with Crippen LogP contribution in [0.4, 0.5) is 0 Å². The molecule has 11 heavy (non-hydrogen) atoms. The minimum Gasteiger partial charge on any atom is -0.479 e. The zero-order valence-electron chi connectivity index (χ0n) is 6.70. The molecule has 0 saturated carbocycles. The standard InChI is InChI=1S/C7H13NO3/c1-4(2)5-3-6(7(9)10)11-8-5/h4-6,8H,3H2,1-2H3,(H,9,10)/t5-,6-/m1/s1. The number of hydroxylamine groups is 1. The number of hydrogen-bond donors (Lipinski definition) is 2. The van der Waals surface area contributed by atoms with Gasteiger partial charge < -0.3 is 5.11 Å². The van der Waals surface area contributed by atoms with Crippen LogP contribution in [0, 0.1) is 5.92 Å². The van der Waals surface area contributed by atoms with Gasteiger partial charge in [-0.15, -0.1) is 0 Å². The molecule has 0 spiro atoms. The van der Waals surface area contributed by atoms with E-state index in [2.05, 4.69) is 5.48 Å². The summed E-state index contributed by atoms with van der Waals surface area (Å²) >= 11 is 0. The Hall–Kier alpha value is -0.610. The molecule has 1 aliphatic rings. The van der Waals surface area contributed by atoms with Crippen LogP contribution in [0.2, 0.25) is 0 Å². The van der Waals surface area contributed by atoms with Gasteiger partial charge in [-0.2, -0.15) is 5.48 Å². The molecule has 1 rings (SSSR count). The van der Waals surface area contributed by atoms with Crippen molar-refractivity contribution < 1.29 is 14.7 Å². The van der Waals surface area contributed by atoms with Gasteiger partial charge in [0, 0.05) is 12.5 Å². The minimum atomic E-state index is -0.888. The Balaban J connectivity index is 2.41. The number of aliphatic carboxylic acids is 1. The molecule has 0 aliphatic carbocycles. The topological polar surface area (TPSA) is 58.6 Å². The average molecular weight is 159 g/mol. The van der Waals surface area contributed by atoms with Gasteiger partial charge in [0.1, 0.15) is 0 Å². The van der Waals surface area contributed by atoms with E-state index < -0.39 is 12.1 Å². The van der Waals surface area contributed by atoms with Crippen LogP contribution in [0.15, 0.2) is 0 Å². The Morgan fingerprint density at radius 2 is 2.36 bits per heavy atom. The highest BCUT2D eigenvalue weighted by atomic mass is 16.7. The third-order valence-electron chi connectivity index (χ3n) is 1.91. The van der Waals surface area contributed by atoms with E-state index in [9.17, 15) is 4.79 Å². The van der Waals surface area contributed by atoms with Gasteiger partial charge in [0.05, 0.1) is 0 Å². The van der Waals surface area contributed by atoms with Gasteiger partial charge in [0.25, 0.3) is 0 Å². The molecule has 1 saturated heterocycles. The highest BCUT2D eigenvalue weighted by molar-refractivity contribution is 5.72. The van der Waals surface area contributed by atoms with Crippen molar-refractivity contribution in [2.75, 3.05) is 0 Å². The Kier molecular flexibility index (Phi) is 2.46. The minimum absolute atomic E-state index is 0.177. The number of carbonyl (C=O) groups is 1. The van der Waals surface area contributed by atoms with Gasteiger partial charge in [-0.05, 0) is 5.92 Å². The Morgan fingerprint density at radius 1 is 1.73 bits per heavy atom. The fourth-order valence-corrected chi connectivity index (χ4v) is 1.06. The summed E-state index contributed by atoms with van der Waals surface area (Å²) < 4.78 is 0. The van der Waals surface area contributed by atoms with E-state index in [4.69, 9.17) is 9.94 Å². The Labute approximate surface area is 65.5 Å². The van der Waals surface area contributed by atoms with Crippen molar-refractivity contribution in [2.24, 2.45) is 5.92 Å². The number of hydrogen-bond acceptors (Lipinski definition) is 3. The van der Waals surface area contributed by atoms with Gasteiger partial charge in [0.2, 0.25) is 0 Å². The lowest BCUT2D eigenvalue weighted by molar-refractivity contribution is -0.150. The fraction of sp³-hybridized carbons (Fsp3) is 0.857. The van der Waals surface area contributed by atoms with E-state index in [1.54, 1.807) is 0 Å². The molecule has 0 aromatic carbocycles. The van der Waals surface area contributed by atoms with Gasteiger partial charge in [-0.25, -0.2) is 4.79 Å². The van der Waals surface area contributed by atoms with Gasteiger partial charge in [-0.3, -0.25) is 4.84 Å². The van der Waals surface area contributed by atoms with Crippen molar-refractivity contribution in [1.29, 1.82) is 0 Å². The second-order valence-electron chi connectivity index (χ2n) is 3.15. The van der Waals surface area contributed by atoms with Crippen molar-refractivity contribution in [3.05, 3.63) is 0 Å². The molecule has 1 fully saturated rings. The normalized spacial score (nSPS) is 31.2. The van der Waals surface area contributed by atoms with Gasteiger partial charge >= 0.3 is 5.97 Å². The van der Waals surface area contributed by atoms with Crippen LogP contribution >= 0.6 is 0 Å². The summed E-state index contributed by atoms with van der Waals surface area (Å²) in [7, 11) is 0. The summed E-state index contributed by atoms with van der Waals surface area (Å²) in [5.41, 5.74) is 2.71. The lowest BCUT2D eigenvalue weighted by atomic mass is 10.0. The Bertz CT molecular complexity index is 158. The third kappa shape index (κ3) is 1.91. The summed E-state index contributed by atoms with van der Waals surface area (Å²) in [6, 6.07) is 0.177. The fourth-order valence-electron chi connectivity index (χ4n) is 1.06. The molecule has 1 aliphatic heterocycles. The lowest BCUT2D eigenvalue weighted by Gasteiger charge is -2.10. The molecular formula is C7H13NO3. The Morgan fingerprint density at radius 3 is 2.64 bits per heavy atom. The maximum absolute atomic E-state index is 10.4. The molecule has 2 atom stereocenters. The van der Waals surface area contributed by atoms with Gasteiger partial charge in [-0.1, -0.05) is 13.8 Å². The van der Waals surface area contributed by atoms with E-state index in [1.807, 2.05) is 13.8 Å². The largest absolute Gasteiger partial charge is 0.479 e. The summed E-state index contributed by atoms with van der Waals surface area (Å²) in [6.07, 6.45) is -0.102. The highest BCUT2D eigenvalue weighted by Gasteiger charge is 2.32. The van der Waals surface area contributed by atoms with Crippen molar-refractivity contribution in [3.63, 3.8) is 0 Å². The van der Waals surface area contributed by atoms with Crippen LogP contribution in [0.5, 0.6) is 0 Å². The van der Waals surface area contributed by atoms with Crippen molar-refractivity contribution in [1.82, 2.24) is 5.48 Å². The van der Waals surface area contributed by atoms with Gasteiger partial charge in [0.15, 0.2) is 6.10 Å². The molecule has 1 heterocycles. The average Bonchev–Trinajstić information content (AvgIpc) is 2.33. The quantitative estimate of drug-likeness (QED) is 0.612. The molecule has 0 aromatic rings. The predicted molar refractivity (Wildman–Crippen MR) is 38.9 cm³/mol. The second kappa shape index (κ2) is 3.19. The molecule has 0 bridgehead atoms. The number of nitrogens with one attached hydrogen (secondary N) is 1. The van der Waals surface area contributed by atoms with Crippen molar-refractivity contribution >= 4 is 5.97 Å². The SMILES string of the molecule is CC(C)[C@H]1C[C@H](C(=O)O)ON1. The zero-order valence-corrected chi connectivity index (χ0v) is 6.70. The third-order valence-corrected chi connectivity index (χ3v) is 1.91. The maximum atomic E-state index is 10.4. The van der Waals surface area contributed by atoms with Crippen molar-refractivity contribution in [2.45, 2.75) is 32.4 Å². The number of carboxylic acid groups (broad SMARTS) is 1. The first-order chi connectivity index (χ1) is 5.11. The summed E-state index contributed by atoms with van der Waals surface area (Å²) in [4.78, 5) is 15.2. The smallest absolute Gasteiger partial charge is 0.335 e. The first-order valence-corrected chi connectivity index (χ1v) is 3.75. The van der Waals surface area contributed by atoms with Crippen LogP contribution in [-0.2, 0) is 9.63 Å². The first-order valence-electron chi connectivity index (χ1n) is 3.75. The summed E-state index contributed by atoms with van der Waals surface area (Å²) in [5.74, 6) is -0.472. The molecule has 0 aromatic heterocycles. The van der Waals surface area contributed by atoms with E-state index >= 15 is 0 Å². The lowest BCUT2D eigenvalue weighted by Crippen LogP contribution is -2.25. The van der Waals surface area contributed by atoms with E-state index in [0.717, 1.165) is 0 Å². The van der Waals surface area contributed by atoms with E-state index in [0.29, 0.717) is 12.3 Å². The summed E-state index contributed by atoms with van der Waals surface area (Å²) in [6.45, 7) is 4.07. The molecule has 4 nitrogen and oxygen atoms in total. The van der Waals surface area contributed by atoms with Crippen LogP contribution in [0.25, 0.3) is 0 Å². The maximum Gasteiger partial charge on any atom is 0.335 e. The molecule has 4 heteroatoms. The molecule has 0 unspecified atom stereocenters.